The van der Waals surface area contributed by atoms with E-state index in [2.05, 4.69) is 6.92 Å². The summed E-state index contributed by atoms with van der Waals surface area (Å²) in [6.07, 6.45) is 2.31. The third-order valence-electron chi connectivity index (χ3n) is 1.34. The topological polar surface area (TPSA) is 9.23 Å². The number of hydrogen-bond acceptors (Lipinski definition) is 1. The molecule has 0 saturated carbocycles. The van der Waals surface area contributed by atoms with Crippen molar-refractivity contribution in [3.05, 3.63) is 6.92 Å². The summed E-state index contributed by atoms with van der Waals surface area (Å²) in [4.78, 5) is 0. The van der Waals surface area contributed by atoms with Crippen LogP contribution in [0.1, 0.15) is 12.8 Å². The number of ether oxygens (including phenoxy) is 1. The molecule has 1 saturated heterocycles. The van der Waals surface area contributed by atoms with Crippen LogP contribution in [0.2, 0.25) is 0 Å². The Morgan fingerprint density at radius 3 is 1.89 bits per heavy atom. The van der Waals surface area contributed by atoms with Crippen molar-refractivity contribution in [2.75, 3.05) is 13.2 Å². The normalized spacial score (nSPS) is 19.7. The van der Waals surface area contributed by atoms with Crippen LogP contribution in [0.5, 0.6) is 0 Å². The summed E-state index contributed by atoms with van der Waals surface area (Å²) in [5, 5.41) is 0. The van der Waals surface area contributed by atoms with Crippen molar-refractivity contribution in [2.24, 2.45) is 5.92 Å². The molecule has 0 aliphatic carbocycles. The third-order valence-corrected chi connectivity index (χ3v) is 1.34. The van der Waals surface area contributed by atoms with Crippen LogP contribution in [-0.2, 0) is 24.2 Å². The van der Waals surface area contributed by atoms with Gasteiger partial charge >= 0.3 is 19.5 Å². The van der Waals surface area contributed by atoms with E-state index in [4.69, 9.17) is 4.74 Å². The molecule has 1 aliphatic rings. The number of rotatable bonds is 0. The van der Waals surface area contributed by atoms with Crippen LogP contribution in [-0.4, -0.2) is 13.2 Å². The van der Waals surface area contributed by atoms with Crippen molar-refractivity contribution in [1.29, 1.82) is 0 Å². The molecule has 0 aromatic rings. The van der Waals surface area contributed by atoms with Gasteiger partial charge in [-0.25, -0.2) is 0 Å². The molecule has 0 aromatic heterocycles. The molecule has 0 bridgehead atoms. The van der Waals surface area contributed by atoms with Crippen LogP contribution in [0.25, 0.3) is 0 Å². The van der Waals surface area contributed by atoms with Gasteiger partial charge in [-0.2, -0.15) is 5.92 Å². The maximum atomic E-state index is 5.10. The van der Waals surface area contributed by atoms with E-state index in [0.29, 0.717) is 5.92 Å². The fraction of sp³-hybridized carbons (Fsp3) is 0.833. The standard InChI is InChI=1S/C6H11O.HI.Zn/c1-6-2-4-7-5-3-6;;/h6H,1-5H2;1H;/q-1;;+2/p-1. The van der Waals surface area contributed by atoms with Gasteiger partial charge in [0.25, 0.3) is 0 Å². The van der Waals surface area contributed by atoms with Gasteiger partial charge in [0, 0.05) is 13.2 Å². The average Bonchev–Trinajstić information content (AvgIpc) is 1.69. The summed E-state index contributed by atoms with van der Waals surface area (Å²) in [5.74, 6) is 0.661. The van der Waals surface area contributed by atoms with Gasteiger partial charge in [0.15, 0.2) is 0 Å². The maximum absolute atomic E-state index is 5.10. The minimum absolute atomic E-state index is 0. The van der Waals surface area contributed by atoms with Crippen molar-refractivity contribution >= 4 is 0 Å². The Kier molecular flexibility index (Phi) is 10.7. The van der Waals surface area contributed by atoms with Crippen LogP contribution < -0.4 is 24.0 Å². The zero-order valence-electron chi connectivity index (χ0n) is 5.61. The Bertz CT molecular complexity index is 55.0. The van der Waals surface area contributed by atoms with Crippen molar-refractivity contribution in [3.63, 3.8) is 0 Å². The van der Waals surface area contributed by atoms with Gasteiger partial charge in [0.05, 0.1) is 0 Å². The smallest absolute Gasteiger partial charge is 1.00 e. The van der Waals surface area contributed by atoms with Gasteiger partial charge in [-0.15, -0.1) is 0 Å². The monoisotopic (exact) mass is 290 g/mol. The second-order valence-electron chi connectivity index (χ2n) is 2.06. The van der Waals surface area contributed by atoms with Crippen LogP contribution in [0.3, 0.4) is 0 Å². The first-order chi connectivity index (χ1) is 3.39. The predicted octanol–water partition coefficient (Wildman–Crippen LogP) is -1.75. The minimum Gasteiger partial charge on any atom is -1.00 e. The third kappa shape index (κ3) is 5.74. The number of halogens is 1. The van der Waals surface area contributed by atoms with E-state index in [0.717, 1.165) is 26.1 Å². The fourth-order valence-electron chi connectivity index (χ4n) is 0.746. The molecular formula is C6H11IOZn. The maximum Gasteiger partial charge on any atom is 2.00 e. The molecule has 0 spiro atoms. The number of hydrogen-bond donors (Lipinski definition) is 0. The Morgan fingerprint density at radius 2 is 1.67 bits per heavy atom. The summed E-state index contributed by atoms with van der Waals surface area (Å²) in [6, 6.07) is 0. The average molecular weight is 291 g/mol. The molecule has 0 aromatic carbocycles. The summed E-state index contributed by atoms with van der Waals surface area (Å²) in [6.45, 7) is 5.77. The van der Waals surface area contributed by atoms with Gasteiger partial charge in [-0.1, -0.05) is 12.8 Å². The van der Waals surface area contributed by atoms with Gasteiger partial charge in [0.2, 0.25) is 0 Å². The van der Waals surface area contributed by atoms with Gasteiger partial charge < -0.3 is 35.6 Å². The van der Waals surface area contributed by atoms with E-state index in [-0.39, 0.29) is 43.5 Å². The molecule has 9 heavy (non-hydrogen) atoms. The summed E-state index contributed by atoms with van der Waals surface area (Å²) >= 11 is 0. The summed E-state index contributed by atoms with van der Waals surface area (Å²) in [5.41, 5.74) is 0. The first kappa shape index (κ1) is 12.9. The van der Waals surface area contributed by atoms with E-state index < -0.39 is 0 Å². The van der Waals surface area contributed by atoms with Gasteiger partial charge in [0.1, 0.15) is 0 Å². The Labute approximate surface area is 86.7 Å². The first-order valence-corrected chi connectivity index (χ1v) is 2.80. The molecule has 0 radical (unpaired) electrons. The first-order valence-electron chi connectivity index (χ1n) is 2.80. The van der Waals surface area contributed by atoms with Crippen molar-refractivity contribution in [3.8, 4) is 0 Å². The zero-order valence-corrected chi connectivity index (χ0v) is 10.7. The predicted molar refractivity (Wildman–Crippen MR) is 28.9 cm³/mol. The van der Waals surface area contributed by atoms with Crippen molar-refractivity contribution < 1.29 is 48.2 Å². The minimum atomic E-state index is 0. The molecule has 1 fully saturated rings. The Hall–Kier alpha value is 1.31. The van der Waals surface area contributed by atoms with E-state index in [1.54, 1.807) is 0 Å². The van der Waals surface area contributed by atoms with E-state index in [1.165, 1.54) is 0 Å². The molecule has 1 heterocycles. The molecule has 1 aliphatic heterocycles. The van der Waals surface area contributed by atoms with Crippen molar-refractivity contribution in [1.82, 2.24) is 0 Å². The van der Waals surface area contributed by atoms with E-state index >= 15 is 0 Å². The van der Waals surface area contributed by atoms with Crippen LogP contribution in [0.15, 0.2) is 0 Å². The zero-order chi connectivity index (χ0) is 5.11. The molecule has 3 heteroatoms. The Morgan fingerprint density at radius 1 is 1.22 bits per heavy atom. The SMILES string of the molecule is [CH2-]C1CCOCC1.[I-].[Zn+2]. The van der Waals surface area contributed by atoms with Gasteiger partial charge in [-0.3, -0.25) is 0 Å². The summed E-state index contributed by atoms with van der Waals surface area (Å²) in [7, 11) is 0. The van der Waals surface area contributed by atoms with Gasteiger partial charge in [-0.05, 0) is 0 Å². The summed E-state index contributed by atoms with van der Waals surface area (Å²) < 4.78 is 5.10. The quantitative estimate of drug-likeness (QED) is 0.292. The second kappa shape index (κ2) is 7.42. The second-order valence-corrected chi connectivity index (χ2v) is 2.06. The van der Waals surface area contributed by atoms with E-state index in [9.17, 15) is 0 Å². The van der Waals surface area contributed by atoms with Crippen LogP contribution in [0.4, 0.5) is 0 Å². The largest absolute Gasteiger partial charge is 2.00 e. The Balaban J connectivity index is 0. The van der Waals surface area contributed by atoms with E-state index in [1.807, 2.05) is 0 Å². The molecule has 0 N–H and O–H groups in total. The molecule has 1 rings (SSSR count). The molecule has 0 unspecified atom stereocenters. The molecule has 0 amide bonds. The fourth-order valence-corrected chi connectivity index (χ4v) is 0.746. The molecule has 50 valence electrons. The molecule has 0 atom stereocenters. The van der Waals surface area contributed by atoms with Crippen LogP contribution in [0, 0.1) is 12.8 Å². The van der Waals surface area contributed by atoms with Crippen molar-refractivity contribution in [2.45, 2.75) is 12.8 Å². The molecular weight excluding hydrogens is 280 g/mol. The molecule has 1 nitrogen and oxygen atoms in total. The van der Waals surface area contributed by atoms with Crippen LogP contribution >= 0.6 is 0 Å².